The molecule has 0 spiro atoms. The highest BCUT2D eigenvalue weighted by Gasteiger charge is 2.24. The second kappa shape index (κ2) is 8.23. The molecule has 0 aliphatic heterocycles. The maximum atomic E-state index is 8.66. The van der Waals surface area contributed by atoms with Gasteiger partial charge < -0.3 is 15.3 Å². The van der Waals surface area contributed by atoms with Gasteiger partial charge in [-0.05, 0) is 20.3 Å². The Hall–Kier alpha value is -0.380. The largest absolute Gasteiger partial charge is 0.396 e. The predicted octanol–water partition coefficient (Wildman–Crippen LogP) is 0.942. The first-order chi connectivity index (χ1) is 5.97. The summed E-state index contributed by atoms with van der Waals surface area (Å²) in [5.41, 5.74) is 0.500. The minimum atomic E-state index is -0.667. The molecule has 0 aromatic heterocycles. The van der Waals surface area contributed by atoms with Gasteiger partial charge in [0.05, 0.1) is 19.8 Å². The number of allylic oxidation sites excluding steroid dienone is 1. The maximum absolute atomic E-state index is 8.66. The third-order valence-corrected chi connectivity index (χ3v) is 1.76. The van der Waals surface area contributed by atoms with Crippen LogP contribution in [0.4, 0.5) is 0 Å². The van der Waals surface area contributed by atoms with E-state index < -0.39 is 5.41 Å². The quantitative estimate of drug-likeness (QED) is 0.578. The van der Waals surface area contributed by atoms with Gasteiger partial charge in [-0.1, -0.05) is 12.5 Å². The van der Waals surface area contributed by atoms with Gasteiger partial charge in [0.2, 0.25) is 0 Å². The van der Waals surface area contributed by atoms with E-state index in [1.807, 2.05) is 20.8 Å². The Morgan fingerprint density at radius 2 is 1.31 bits per heavy atom. The van der Waals surface area contributed by atoms with Crippen LogP contribution in [0.5, 0.6) is 0 Å². The fourth-order valence-electron chi connectivity index (χ4n) is 0.485. The molecular formula is C10H22O3. The first-order valence-electron chi connectivity index (χ1n) is 4.42. The van der Waals surface area contributed by atoms with Crippen molar-refractivity contribution >= 4 is 0 Å². The zero-order chi connectivity index (χ0) is 10.9. The second-order valence-corrected chi connectivity index (χ2v) is 3.54. The van der Waals surface area contributed by atoms with Crippen LogP contribution in [0.15, 0.2) is 12.2 Å². The lowest BCUT2D eigenvalue weighted by Crippen LogP contribution is -2.32. The van der Waals surface area contributed by atoms with Crippen LogP contribution >= 0.6 is 0 Å². The summed E-state index contributed by atoms with van der Waals surface area (Å²) in [6.07, 6.45) is 0.594. The molecule has 0 unspecified atom stereocenters. The molecule has 0 fully saturated rings. The highest BCUT2D eigenvalue weighted by Crippen LogP contribution is 2.18. The number of hydrogen-bond donors (Lipinski definition) is 3. The molecule has 3 nitrogen and oxygen atoms in total. The van der Waals surface area contributed by atoms with Gasteiger partial charge in [0.15, 0.2) is 0 Å². The van der Waals surface area contributed by atoms with E-state index >= 15 is 0 Å². The van der Waals surface area contributed by atoms with Crippen LogP contribution in [0.2, 0.25) is 0 Å². The zero-order valence-corrected chi connectivity index (χ0v) is 8.88. The molecule has 0 atom stereocenters. The van der Waals surface area contributed by atoms with E-state index in [1.165, 1.54) is 5.57 Å². The number of aliphatic hydroxyl groups excluding tert-OH is 3. The molecule has 0 heterocycles. The van der Waals surface area contributed by atoms with Gasteiger partial charge in [-0.25, -0.2) is 0 Å². The maximum Gasteiger partial charge on any atom is 0.0531 e. The molecule has 80 valence electrons. The summed E-state index contributed by atoms with van der Waals surface area (Å²) < 4.78 is 0. The Bertz CT molecular complexity index is 107. The van der Waals surface area contributed by atoms with Crippen LogP contribution in [0.1, 0.15) is 27.2 Å². The zero-order valence-electron chi connectivity index (χ0n) is 8.88. The van der Waals surface area contributed by atoms with Crippen molar-refractivity contribution in [2.45, 2.75) is 27.2 Å². The highest BCUT2D eigenvalue weighted by molar-refractivity contribution is 4.78. The summed E-state index contributed by atoms with van der Waals surface area (Å²) in [6, 6.07) is 0. The van der Waals surface area contributed by atoms with Crippen molar-refractivity contribution in [3.63, 3.8) is 0 Å². The summed E-state index contributed by atoms with van der Waals surface area (Å²) in [5.74, 6) is 0. The van der Waals surface area contributed by atoms with E-state index in [9.17, 15) is 0 Å². The number of hydrogen-bond acceptors (Lipinski definition) is 3. The van der Waals surface area contributed by atoms with Crippen molar-refractivity contribution < 1.29 is 15.3 Å². The minimum Gasteiger partial charge on any atom is -0.396 e. The molecule has 0 saturated carbocycles. The monoisotopic (exact) mass is 190 g/mol. The Morgan fingerprint density at radius 3 is 1.31 bits per heavy atom. The fraction of sp³-hybridized carbons (Fsp3) is 0.800. The van der Waals surface area contributed by atoms with Gasteiger partial charge in [0.1, 0.15) is 0 Å². The van der Waals surface area contributed by atoms with Gasteiger partial charge in [-0.3, -0.25) is 0 Å². The van der Waals surface area contributed by atoms with Crippen molar-refractivity contribution in [3.05, 3.63) is 12.2 Å². The van der Waals surface area contributed by atoms with Crippen LogP contribution in [-0.4, -0.2) is 35.1 Å². The molecule has 0 saturated heterocycles. The van der Waals surface area contributed by atoms with E-state index in [2.05, 4.69) is 6.58 Å². The summed E-state index contributed by atoms with van der Waals surface area (Å²) in [7, 11) is 0. The highest BCUT2D eigenvalue weighted by atomic mass is 16.3. The van der Waals surface area contributed by atoms with E-state index in [4.69, 9.17) is 15.3 Å². The summed E-state index contributed by atoms with van der Waals surface area (Å²) in [5, 5.41) is 26.0. The van der Waals surface area contributed by atoms with Crippen LogP contribution < -0.4 is 0 Å². The van der Waals surface area contributed by atoms with Crippen molar-refractivity contribution in [3.8, 4) is 0 Å². The smallest absolute Gasteiger partial charge is 0.0531 e. The standard InChI is InChI=1S/C6H14O3.C4H8/c1-2-6(3-7,4-8)5-9;1-4(2)3/h7-9H,2-5H2,1H3;1H2,2-3H3. The van der Waals surface area contributed by atoms with Crippen LogP contribution in [0, 0.1) is 5.41 Å². The Morgan fingerprint density at radius 1 is 1.08 bits per heavy atom. The first kappa shape index (κ1) is 15.1. The van der Waals surface area contributed by atoms with Crippen molar-refractivity contribution in [1.29, 1.82) is 0 Å². The van der Waals surface area contributed by atoms with E-state index in [0.29, 0.717) is 6.42 Å². The van der Waals surface area contributed by atoms with Gasteiger partial charge in [-0.15, -0.1) is 6.58 Å². The van der Waals surface area contributed by atoms with E-state index in [1.54, 1.807) is 0 Å². The lowest BCUT2D eigenvalue weighted by molar-refractivity contribution is 0.00304. The van der Waals surface area contributed by atoms with E-state index in [0.717, 1.165) is 0 Å². The van der Waals surface area contributed by atoms with Gasteiger partial charge in [-0.2, -0.15) is 0 Å². The fourth-order valence-corrected chi connectivity index (χ4v) is 0.485. The van der Waals surface area contributed by atoms with Crippen molar-refractivity contribution in [2.24, 2.45) is 5.41 Å². The van der Waals surface area contributed by atoms with Crippen LogP contribution in [-0.2, 0) is 0 Å². The molecule has 0 bridgehead atoms. The average molecular weight is 190 g/mol. The molecule has 13 heavy (non-hydrogen) atoms. The van der Waals surface area contributed by atoms with E-state index in [-0.39, 0.29) is 19.8 Å². The lowest BCUT2D eigenvalue weighted by atomic mass is 9.88. The number of aliphatic hydroxyl groups is 3. The molecule has 0 aliphatic carbocycles. The molecule has 3 heteroatoms. The number of rotatable bonds is 4. The predicted molar refractivity (Wildman–Crippen MR) is 54.5 cm³/mol. The summed E-state index contributed by atoms with van der Waals surface area (Å²) in [4.78, 5) is 0. The van der Waals surface area contributed by atoms with Crippen molar-refractivity contribution in [2.75, 3.05) is 19.8 Å². The topological polar surface area (TPSA) is 60.7 Å². The summed E-state index contributed by atoms with van der Waals surface area (Å²) in [6.45, 7) is 8.85. The van der Waals surface area contributed by atoms with Gasteiger partial charge in [0, 0.05) is 5.41 Å². The van der Waals surface area contributed by atoms with Crippen molar-refractivity contribution in [1.82, 2.24) is 0 Å². The third-order valence-electron chi connectivity index (χ3n) is 1.76. The molecule has 3 N–H and O–H groups in total. The minimum absolute atomic E-state index is 0.156. The van der Waals surface area contributed by atoms with Crippen LogP contribution in [0.25, 0.3) is 0 Å². The molecule has 0 radical (unpaired) electrons. The third kappa shape index (κ3) is 7.96. The molecule has 0 aromatic carbocycles. The SMILES string of the molecule is C=C(C)C.CCC(CO)(CO)CO. The Kier molecular flexibility index (Phi) is 9.56. The van der Waals surface area contributed by atoms with Gasteiger partial charge >= 0.3 is 0 Å². The first-order valence-corrected chi connectivity index (χ1v) is 4.42. The average Bonchev–Trinajstić information content (AvgIpc) is 2.09. The second-order valence-electron chi connectivity index (χ2n) is 3.54. The lowest BCUT2D eigenvalue weighted by Gasteiger charge is -2.24. The summed E-state index contributed by atoms with van der Waals surface area (Å²) >= 11 is 0. The molecular weight excluding hydrogens is 168 g/mol. The molecule has 0 rings (SSSR count). The molecule has 0 aliphatic rings. The van der Waals surface area contributed by atoms with Gasteiger partial charge in [0.25, 0.3) is 0 Å². The molecule has 0 amide bonds. The Labute approximate surface area is 80.7 Å². The normalized spacial score (nSPS) is 10.3. The van der Waals surface area contributed by atoms with Crippen LogP contribution in [0.3, 0.4) is 0 Å². The Balaban J connectivity index is 0. The molecule has 0 aromatic rings.